The quantitative estimate of drug-likeness (QED) is 0.379. The SMILES string of the molecule is CC1(C)CC(=O)C2=C(C1)N(c1ccc(Cl)cc1)C(=N)/C(=C(/O)c1ccccc1)[C@H]2c1ccccc1. The van der Waals surface area contributed by atoms with E-state index in [1.165, 1.54) is 0 Å². The number of Topliss-reactive ketones (excluding diaryl/α,β-unsaturated/α-hetero) is 1. The topological polar surface area (TPSA) is 64.4 Å². The van der Waals surface area contributed by atoms with E-state index in [2.05, 4.69) is 13.8 Å². The van der Waals surface area contributed by atoms with Crippen molar-refractivity contribution in [1.29, 1.82) is 5.41 Å². The Morgan fingerprint density at radius 2 is 1.54 bits per heavy atom. The summed E-state index contributed by atoms with van der Waals surface area (Å²) in [5.41, 5.74) is 3.87. The third kappa shape index (κ3) is 4.19. The van der Waals surface area contributed by atoms with Crippen molar-refractivity contribution < 1.29 is 9.90 Å². The van der Waals surface area contributed by atoms with E-state index in [0.717, 1.165) is 16.9 Å². The van der Waals surface area contributed by atoms with Crippen molar-refractivity contribution in [3.63, 3.8) is 0 Å². The van der Waals surface area contributed by atoms with E-state index in [-0.39, 0.29) is 22.8 Å². The van der Waals surface area contributed by atoms with Crippen LogP contribution < -0.4 is 4.90 Å². The minimum absolute atomic E-state index is 0.00704. The molecular weight excluding hydrogens is 456 g/mol. The number of ketones is 1. The number of carbonyl (C=O) groups excluding carboxylic acids is 1. The Labute approximate surface area is 210 Å². The molecule has 2 N–H and O–H groups in total. The fourth-order valence-electron chi connectivity index (χ4n) is 5.22. The van der Waals surface area contributed by atoms with Gasteiger partial charge in [0.15, 0.2) is 5.78 Å². The van der Waals surface area contributed by atoms with Crippen LogP contribution in [0.25, 0.3) is 5.76 Å². The molecule has 0 unspecified atom stereocenters. The van der Waals surface area contributed by atoms with Gasteiger partial charge in [-0.15, -0.1) is 0 Å². The predicted molar refractivity (Wildman–Crippen MR) is 142 cm³/mol. The molecule has 0 saturated heterocycles. The fourth-order valence-corrected chi connectivity index (χ4v) is 5.35. The molecule has 0 amide bonds. The van der Waals surface area contributed by atoms with Gasteiger partial charge in [-0.1, -0.05) is 86.1 Å². The van der Waals surface area contributed by atoms with Crippen LogP contribution in [0.2, 0.25) is 5.02 Å². The number of amidine groups is 1. The molecule has 2 aliphatic rings. The summed E-state index contributed by atoms with van der Waals surface area (Å²) in [4.78, 5) is 15.6. The number of allylic oxidation sites excluding steroid dienone is 2. The van der Waals surface area contributed by atoms with Crippen LogP contribution >= 0.6 is 11.6 Å². The first-order chi connectivity index (χ1) is 16.8. The number of benzene rings is 3. The van der Waals surface area contributed by atoms with Crippen molar-refractivity contribution >= 4 is 34.7 Å². The van der Waals surface area contributed by atoms with E-state index in [1.807, 2.05) is 77.7 Å². The number of carbonyl (C=O) groups is 1. The zero-order chi connectivity index (χ0) is 24.7. The maximum Gasteiger partial charge on any atom is 0.162 e. The number of nitrogens with one attached hydrogen (secondary N) is 1. The lowest BCUT2D eigenvalue weighted by atomic mass is 9.67. The third-order valence-electron chi connectivity index (χ3n) is 6.74. The standard InChI is InChI=1S/C30H27ClN2O2/c1-30(2)17-23-26(24(34)18-30)25(19-9-5-3-6-10-19)27(28(35)20-11-7-4-8-12-20)29(32)33(23)22-15-13-21(31)14-16-22/h3-16,25,32,35H,17-18H2,1-2H3/b28-27+,32-29?/t25-/m0/s1. The maximum absolute atomic E-state index is 13.8. The zero-order valence-electron chi connectivity index (χ0n) is 19.8. The van der Waals surface area contributed by atoms with Gasteiger partial charge < -0.3 is 5.11 Å². The summed E-state index contributed by atoms with van der Waals surface area (Å²) in [7, 11) is 0. The Morgan fingerprint density at radius 3 is 2.17 bits per heavy atom. The Morgan fingerprint density at radius 1 is 0.943 bits per heavy atom. The number of halogens is 1. The number of anilines is 1. The predicted octanol–water partition coefficient (Wildman–Crippen LogP) is 7.53. The number of nitrogens with zero attached hydrogens (tertiary/aromatic N) is 1. The summed E-state index contributed by atoms with van der Waals surface area (Å²) in [6.45, 7) is 4.17. The normalized spacial score (nSPS) is 21.1. The van der Waals surface area contributed by atoms with Gasteiger partial charge in [0.25, 0.3) is 0 Å². The molecule has 1 aliphatic heterocycles. The van der Waals surface area contributed by atoms with Crippen molar-refractivity contribution in [2.45, 2.75) is 32.6 Å². The van der Waals surface area contributed by atoms with Crippen molar-refractivity contribution in [2.24, 2.45) is 5.41 Å². The fraction of sp³-hybridized carbons (Fsp3) is 0.200. The molecule has 1 atom stereocenters. The lowest BCUT2D eigenvalue weighted by Crippen LogP contribution is -2.45. The first-order valence-corrected chi connectivity index (χ1v) is 12.1. The van der Waals surface area contributed by atoms with Crippen LogP contribution in [0.1, 0.15) is 43.7 Å². The van der Waals surface area contributed by atoms with Crippen LogP contribution in [0, 0.1) is 10.8 Å². The molecule has 0 aromatic heterocycles. The molecule has 0 radical (unpaired) electrons. The Kier molecular flexibility index (Phi) is 5.86. The highest BCUT2D eigenvalue weighted by Crippen LogP contribution is 2.51. The van der Waals surface area contributed by atoms with Gasteiger partial charge in [0.1, 0.15) is 11.6 Å². The highest BCUT2D eigenvalue weighted by atomic mass is 35.5. The van der Waals surface area contributed by atoms with E-state index in [9.17, 15) is 15.3 Å². The molecule has 5 rings (SSSR count). The number of aliphatic hydroxyl groups excluding tert-OH is 1. The van der Waals surface area contributed by atoms with Gasteiger partial charge in [-0.2, -0.15) is 0 Å². The number of rotatable bonds is 3. The molecule has 0 spiro atoms. The molecule has 4 nitrogen and oxygen atoms in total. The Hall–Kier alpha value is -3.63. The van der Waals surface area contributed by atoms with Crippen LogP contribution in [-0.2, 0) is 4.79 Å². The van der Waals surface area contributed by atoms with E-state index < -0.39 is 5.92 Å². The molecule has 3 aromatic rings. The van der Waals surface area contributed by atoms with Gasteiger partial charge in [0, 0.05) is 45.5 Å². The monoisotopic (exact) mass is 482 g/mol. The first-order valence-electron chi connectivity index (χ1n) is 11.7. The summed E-state index contributed by atoms with van der Waals surface area (Å²) in [5, 5.41) is 21.6. The van der Waals surface area contributed by atoms with Gasteiger partial charge in [-0.25, -0.2) is 0 Å². The number of hydrogen-bond donors (Lipinski definition) is 2. The molecule has 1 aliphatic carbocycles. The molecular formula is C30H27ClN2O2. The van der Waals surface area contributed by atoms with Crippen LogP contribution in [0.4, 0.5) is 5.69 Å². The van der Waals surface area contributed by atoms with Crippen LogP contribution in [0.3, 0.4) is 0 Å². The summed E-state index contributed by atoms with van der Waals surface area (Å²) >= 11 is 6.17. The zero-order valence-corrected chi connectivity index (χ0v) is 20.5. The first kappa shape index (κ1) is 23.1. The second-order valence-electron chi connectivity index (χ2n) is 9.93. The molecule has 0 fully saturated rings. The summed E-state index contributed by atoms with van der Waals surface area (Å²) in [6, 6.07) is 26.2. The molecule has 35 heavy (non-hydrogen) atoms. The summed E-state index contributed by atoms with van der Waals surface area (Å²) in [5.74, 6) is -0.319. The molecule has 176 valence electrons. The van der Waals surface area contributed by atoms with Gasteiger partial charge in [-0.3, -0.25) is 15.1 Å². The van der Waals surface area contributed by atoms with E-state index in [0.29, 0.717) is 34.6 Å². The van der Waals surface area contributed by atoms with E-state index in [1.54, 1.807) is 12.1 Å². The van der Waals surface area contributed by atoms with Gasteiger partial charge in [0.05, 0.1) is 0 Å². The summed E-state index contributed by atoms with van der Waals surface area (Å²) < 4.78 is 0. The Bertz CT molecular complexity index is 1360. The van der Waals surface area contributed by atoms with Crippen LogP contribution in [0.15, 0.2) is 102 Å². The van der Waals surface area contributed by atoms with Crippen molar-refractivity contribution in [3.8, 4) is 0 Å². The van der Waals surface area contributed by atoms with E-state index in [4.69, 9.17) is 11.6 Å². The number of hydrogen-bond acceptors (Lipinski definition) is 3. The van der Waals surface area contributed by atoms with Crippen molar-refractivity contribution in [2.75, 3.05) is 4.90 Å². The highest BCUT2D eigenvalue weighted by Gasteiger charge is 2.46. The van der Waals surface area contributed by atoms with E-state index >= 15 is 0 Å². The third-order valence-corrected chi connectivity index (χ3v) is 6.99. The second-order valence-corrected chi connectivity index (χ2v) is 10.4. The second kappa shape index (κ2) is 8.86. The number of aliphatic hydroxyl groups is 1. The lowest BCUT2D eigenvalue weighted by Gasteiger charge is -2.45. The largest absolute Gasteiger partial charge is 0.507 e. The summed E-state index contributed by atoms with van der Waals surface area (Å²) in [6.07, 6.45) is 1.05. The van der Waals surface area contributed by atoms with Crippen LogP contribution in [0.5, 0.6) is 0 Å². The molecule has 0 saturated carbocycles. The average molecular weight is 483 g/mol. The molecule has 3 aromatic carbocycles. The van der Waals surface area contributed by atoms with Gasteiger partial charge in [0.2, 0.25) is 0 Å². The van der Waals surface area contributed by atoms with Gasteiger partial charge >= 0.3 is 0 Å². The molecule has 5 heteroatoms. The van der Waals surface area contributed by atoms with Crippen LogP contribution in [-0.4, -0.2) is 16.7 Å². The average Bonchev–Trinajstić information content (AvgIpc) is 2.84. The maximum atomic E-state index is 13.8. The minimum atomic E-state index is -0.536. The Balaban J connectivity index is 1.84. The highest BCUT2D eigenvalue weighted by molar-refractivity contribution is 6.30. The van der Waals surface area contributed by atoms with Crippen molar-refractivity contribution in [1.82, 2.24) is 0 Å². The van der Waals surface area contributed by atoms with Crippen molar-refractivity contribution in [3.05, 3.63) is 118 Å². The smallest absolute Gasteiger partial charge is 0.162 e. The van der Waals surface area contributed by atoms with Gasteiger partial charge in [-0.05, 0) is 41.7 Å². The lowest BCUT2D eigenvalue weighted by molar-refractivity contribution is -0.118. The molecule has 0 bridgehead atoms. The molecule has 1 heterocycles. The minimum Gasteiger partial charge on any atom is -0.507 e.